The number of nitro groups is 1. The number of rotatable bonds is 6. The summed E-state index contributed by atoms with van der Waals surface area (Å²) in [6.07, 6.45) is 1.85. The average molecular weight is 384 g/mol. The summed E-state index contributed by atoms with van der Waals surface area (Å²) in [5.74, 6) is 0. The third-order valence-corrected chi connectivity index (χ3v) is 6.18. The van der Waals surface area contributed by atoms with E-state index in [4.69, 9.17) is 0 Å². The molecule has 0 radical (unpaired) electrons. The largest absolute Gasteiger partial charge is 0.336 e. The van der Waals surface area contributed by atoms with E-state index in [0.29, 0.717) is 0 Å². The number of amides is 2. The molecular weight excluding hydrogens is 360 g/mol. The van der Waals surface area contributed by atoms with E-state index in [0.717, 1.165) is 18.9 Å². The molecule has 1 fully saturated rings. The number of hydrogen-bond donors (Lipinski definition) is 1. The van der Waals surface area contributed by atoms with E-state index < -0.39 is 14.9 Å². The van der Waals surface area contributed by atoms with E-state index in [2.05, 4.69) is 5.32 Å². The lowest BCUT2D eigenvalue weighted by atomic mass is 10.2. The fourth-order valence-electron chi connectivity index (χ4n) is 2.85. The van der Waals surface area contributed by atoms with Crippen LogP contribution in [0.2, 0.25) is 0 Å². The summed E-state index contributed by atoms with van der Waals surface area (Å²) in [6.45, 7) is 4.84. The fourth-order valence-corrected chi connectivity index (χ4v) is 4.31. The maximum absolute atomic E-state index is 12.7. The Kier molecular flexibility index (Phi) is 6.54. The lowest BCUT2D eigenvalue weighted by Crippen LogP contribution is -2.54. The van der Waals surface area contributed by atoms with Crippen LogP contribution in [0.3, 0.4) is 0 Å². The van der Waals surface area contributed by atoms with Crippen LogP contribution in [0.15, 0.2) is 29.2 Å². The van der Waals surface area contributed by atoms with Gasteiger partial charge in [0.25, 0.3) is 5.69 Å². The lowest BCUT2D eigenvalue weighted by molar-refractivity contribution is -0.385. The molecule has 1 N–H and O–H groups in total. The van der Waals surface area contributed by atoms with Crippen molar-refractivity contribution >= 4 is 21.7 Å². The molecule has 0 spiro atoms. The van der Waals surface area contributed by atoms with Crippen molar-refractivity contribution in [1.82, 2.24) is 14.5 Å². The predicted octanol–water partition coefficient (Wildman–Crippen LogP) is 1.80. The maximum atomic E-state index is 12.7. The first-order valence-corrected chi connectivity index (χ1v) is 9.99. The number of carbonyl (C=O) groups excluding carboxylic acids is 1. The van der Waals surface area contributed by atoms with Gasteiger partial charge in [-0.2, -0.15) is 4.31 Å². The number of nitro benzene ring substituents is 1. The molecule has 1 aromatic rings. The number of piperazine rings is 1. The first-order valence-electron chi connectivity index (χ1n) is 8.55. The summed E-state index contributed by atoms with van der Waals surface area (Å²) >= 11 is 0. The molecule has 0 aromatic heterocycles. The quantitative estimate of drug-likeness (QED) is 0.593. The number of sulfonamides is 1. The highest BCUT2D eigenvalue weighted by atomic mass is 32.2. The van der Waals surface area contributed by atoms with Crippen molar-refractivity contribution < 1.29 is 18.1 Å². The lowest BCUT2D eigenvalue weighted by Gasteiger charge is -2.34. The number of benzene rings is 1. The van der Waals surface area contributed by atoms with Crippen molar-refractivity contribution in [2.24, 2.45) is 0 Å². The molecule has 1 aliphatic heterocycles. The van der Waals surface area contributed by atoms with Crippen molar-refractivity contribution in [3.8, 4) is 0 Å². The summed E-state index contributed by atoms with van der Waals surface area (Å²) in [5, 5.41) is 13.8. The second-order valence-corrected chi connectivity index (χ2v) is 8.22. The number of carbonyl (C=O) groups is 1. The highest BCUT2D eigenvalue weighted by Crippen LogP contribution is 2.22. The summed E-state index contributed by atoms with van der Waals surface area (Å²) < 4.78 is 26.6. The second kappa shape index (κ2) is 8.45. The van der Waals surface area contributed by atoms with Gasteiger partial charge in [0.15, 0.2) is 0 Å². The summed E-state index contributed by atoms with van der Waals surface area (Å²) in [7, 11) is -3.83. The molecule has 2 amide bonds. The van der Waals surface area contributed by atoms with Gasteiger partial charge in [-0.1, -0.05) is 19.4 Å². The number of non-ortho nitro benzene ring substituents is 1. The van der Waals surface area contributed by atoms with Crippen molar-refractivity contribution in [3.63, 3.8) is 0 Å². The molecule has 1 unspecified atom stereocenters. The van der Waals surface area contributed by atoms with Crippen LogP contribution < -0.4 is 5.32 Å². The van der Waals surface area contributed by atoms with E-state index in [1.165, 1.54) is 22.5 Å². The second-order valence-electron chi connectivity index (χ2n) is 6.28. The van der Waals surface area contributed by atoms with Crippen LogP contribution in [0.1, 0.15) is 26.7 Å². The predicted molar refractivity (Wildman–Crippen MR) is 96.3 cm³/mol. The highest BCUT2D eigenvalue weighted by molar-refractivity contribution is 7.89. The number of urea groups is 1. The summed E-state index contributed by atoms with van der Waals surface area (Å²) in [5.41, 5.74) is -0.269. The molecule has 9 nitrogen and oxygen atoms in total. The van der Waals surface area contributed by atoms with E-state index in [9.17, 15) is 23.3 Å². The van der Waals surface area contributed by atoms with Gasteiger partial charge in [0.05, 0.1) is 9.82 Å². The first-order chi connectivity index (χ1) is 12.3. The van der Waals surface area contributed by atoms with Crippen molar-refractivity contribution in [2.45, 2.75) is 37.6 Å². The minimum atomic E-state index is -3.83. The zero-order valence-electron chi connectivity index (χ0n) is 14.9. The third-order valence-electron chi connectivity index (χ3n) is 4.28. The Morgan fingerprint density at radius 2 is 1.96 bits per heavy atom. The van der Waals surface area contributed by atoms with Crippen LogP contribution >= 0.6 is 0 Å². The molecule has 1 aliphatic rings. The minimum absolute atomic E-state index is 0.0686. The Labute approximate surface area is 153 Å². The Hall–Kier alpha value is -2.20. The molecule has 0 bridgehead atoms. The zero-order valence-corrected chi connectivity index (χ0v) is 15.7. The smallest absolute Gasteiger partial charge is 0.317 e. The maximum Gasteiger partial charge on any atom is 0.317 e. The highest BCUT2D eigenvalue weighted by Gasteiger charge is 2.31. The molecule has 0 saturated carbocycles. The van der Waals surface area contributed by atoms with Crippen LogP contribution in [0.25, 0.3) is 0 Å². The van der Waals surface area contributed by atoms with Crippen LogP contribution in [-0.2, 0) is 10.0 Å². The molecule has 10 heteroatoms. The molecule has 26 heavy (non-hydrogen) atoms. The van der Waals surface area contributed by atoms with Crippen molar-refractivity contribution in [3.05, 3.63) is 34.4 Å². The van der Waals surface area contributed by atoms with Gasteiger partial charge in [0.2, 0.25) is 10.0 Å². The Morgan fingerprint density at radius 3 is 2.54 bits per heavy atom. The van der Waals surface area contributed by atoms with Gasteiger partial charge in [0, 0.05) is 44.4 Å². The topological polar surface area (TPSA) is 113 Å². The normalized spacial score (nSPS) is 16.9. The standard InChI is InChI=1S/C16H24N4O5S/c1-3-5-13(2)17-16(21)18-8-10-19(11-9-18)26(24,25)15-7-4-6-14(12-15)20(22)23/h4,6-7,12-13H,3,5,8-11H2,1-2H3,(H,17,21). The van der Waals surface area contributed by atoms with E-state index in [1.54, 1.807) is 4.90 Å². The van der Waals surface area contributed by atoms with Gasteiger partial charge in [-0.05, 0) is 19.4 Å². The SMILES string of the molecule is CCCC(C)NC(=O)N1CCN(S(=O)(=O)c2cccc([N+](=O)[O-])c2)CC1. The Morgan fingerprint density at radius 1 is 1.31 bits per heavy atom. The zero-order chi connectivity index (χ0) is 19.3. The molecule has 144 valence electrons. The van der Waals surface area contributed by atoms with Gasteiger partial charge in [0.1, 0.15) is 0 Å². The molecule has 2 rings (SSSR count). The van der Waals surface area contributed by atoms with Crippen LogP contribution in [0.4, 0.5) is 10.5 Å². The fraction of sp³-hybridized carbons (Fsp3) is 0.562. The number of nitrogens with zero attached hydrogens (tertiary/aromatic N) is 3. The van der Waals surface area contributed by atoms with Crippen molar-refractivity contribution in [2.75, 3.05) is 26.2 Å². The molecule has 1 heterocycles. The van der Waals surface area contributed by atoms with Gasteiger partial charge < -0.3 is 10.2 Å². The summed E-state index contributed by atoms with van der Waals surface area (Å²) in [4.78, 5) is 23.9. The van der Waals surface area contributed by atoms with Gasteiger partial charge >= 0.3 is 6.03 Å². The number of nitrogens with one attached hydrogen (secondary N) is 1. The van der Waals surface area contributed by atoms with E-state index in [1.807, 2.05) is 13.8 Å². The van der Waals surface area contributed by atoms with E-state index >= 15 is 0 Å². The van der Waals surface area contributed by atoms with Gasteiger partial charge in [-0.3, -0.25) is 10.1 Å². The Balaban J connectivity index is 2.01. The Bertz CT molecular complexity index is 760. The van der Waals surface area contributed by atoms with Gasteiger partial charge in [-0.25, -0.2) is 13.2 Å². The molecular formula is C16H24N4O5S. The van der Waals surface area contributed by atoms with Crippen molar-refractivity contribution in [1.29, 1.82) is 0 Å². The third kappa shape index (κ3) is 4.70. The minimum Gasteiger partial charge on any atom is -0.336 e. The average Bonchev–Trinajstić information content (AvgIpc) is 2.62. The van der Waals surface area contributed by atoms with E-state index in [-0.39, 0.29) is 48.8 Å². The molecule has 1 aromatic carbocycles. The number of hydrogen-bond acceptors (Lipinski definition) is 5. The summed E-state index contributed by atoms with van der Waals surface area (Å²) in [6, 6.07) is 4.87. The molecule has 1 saturated heterocycles. The molecule has 1 atom stereocenters. The van der Waals surface area contributed by atoms with Crippen LogP contribution in [0, 0.1) is 10.1 Å². The van der Waals surface area contributed by atoms with Crippen LogP contribution in [-0.4, -0.2) is 60.8 Å². The monoisotopic (exact) mass is 384 g/mol. The van der Waals surface area contributed by atoms with Gasteiger partial charge in [-0.15, -0.1) is 0 Å². The molecule has 0 aliphatic carbocycles. The van der Waals surface area contributed by atoms with Crippen LogP contribution in [0.5, 0.6) is 0 Å². The first kappa shape index (κ1) is 20.1.